The summed E-state index contributed by atoms with van der Waals surface area (Å²) in [6.07, 6.45) is 2.98. The molecule has 4 nitrogen and oxygen atoms in total. The van der Waals surface area contributed by atoms with Crippen LogP contribution in [-0.4, -0.2) is 28.3 Å². The molecule has 0 aliphatic carbocycles. The first-order chi connectivity index (χ1) is 7.29. The Hall–Kier alpha value is -0.810. The summed E-state index contributed by atoms with van der Waals surface area (Å²) in [4.78, 5) is 8.80. The summed E-state index contributed by atoms with van der Waals surface area (Å²) in [6, 6.07) is 0.223. The maximum absolute atomic E-state index is 5.54. The molecule has 1 aliphatic rings. The van der Waals surface area contributed by atoms with E-state index in [2.05, 4.69) is 15.3 Å². The van der Waals surface area contributed by atoms with Gasteiger partial charge in [-0.15, -0.1) is 0 Å². The second-order valence-electron chi connectivity index (χ2n) is 3.75. The van der Waals surface area contributed by atoms with Gasteiger partial charge in [0.1, 0.15) is 0 Å². The molecule has 0 amide bonds. The normalized spacial score (nSPS) is 16.9. The Morgan fingerprint density at radius 1 is 1.67 bits per heavy atom. The van der Waals surface area contributed by atoms with Crippen molar-refractivity contribution >= 4 is 17.7 Å². The van der Waals surface area contributed by atoms with Crippen LogP contribution >= 0.6 is 11.8 Å². The molecule has 3 N–H and O–H groups in total. The highest BCUT2D eigenvalue weighted by Gasteiger charge is 2.12. The molecule has 1 aliphatic heterocycles. The number of fused-ring (bicyclic) bond motifs is 1. The van der Waals surface area contributed by atoms with Crippen LogP contribution in [0.3, 0.4) is 0 Å². The molecule has 1 aromatic rings. The molecule has 15 heavy (non-hydrogen) atoms. The van der Waals surface area contributed by atoms with Crippen molar-refractivity contribution in [2.24, 2.45) is 5.73 Å². The summed E-state index contributed by atoms with van der Waals surface area (Å²) in [5.74, 6) is 2.91. The maximum Gasteiger partial charge on any atom is 0.223 e. The predicted octanol–water partition coefficient (Wildman–Crippen LogP) is 1.02. The fourth-order valence-electron chi connectivity index (χ4n) is 1.48. The summed E-state index contributed by atoms with van der Waals surface area (Å²) in [6.45, 7) is 2.62. The van der Waals surface area contributed by atoms with Gasteiger partial charge in [-0.3, -0.25) is 0 Å². The van der Waals surface area contributed by atoms with Crippen molar-refractivity contribution < 1.29 is 0 Å². The van der Waals surface area contributed by atoms with E-state index in [1.165, 1.54) is 11.3 Å². The average molecular weight is 224 g/mol. The van der Waals surface area contributed by atoms with E-state index < -0.39 is 0 Å². The van der Waals surface area contributed by atoms with Gasteiger partial charge in [-0.25, -0.2) is 9.97 Å². The van der Waals surface area contributed by atoms with Crippen LogP contribution in [0.5, 0.6) is 0 Å². The highest BCUT2D eigenvalue weighted by atomic mass is 32.2. The Bertz CT molecular complexity index is 342. The van der Waals surface area contributed by atoms with Crippen molar-refractivity contribution in [1.29, 1.82) is 0 Å². The van der Waals surface area contributed by atoms with Crippen molar-refractivity contribution in [2.45, 2.75) is 25.1 Å². The third-order valence-electron chi connectivity index (χ3n) is 2.42. The monoisotopic (exact) mass is 224 g/mol. The lowest BCUT2D eigenvalue weighted by Crippen LogP contribution is -2.26. The Kier molecular flexibility index (Phi) is 3.43. The molecular formula is C10H16N4S. The fourth-order valence-corrected chi connectivity index (χ4v) is 2.42. The molecule has 5 heteroatoms. The molecule has 0 radical (unpaired) electrons. The van der Waals surface area contributed by atoms with Crippen LogP contribution in [0.4, 0.5) is 5.95 Å². The number of rotatable bonds is 3. The number of nitrogens with zero attached hydrogens (tertiary/aromatic N) is 2. The van der Waals surface area contributed by atoms with Gasteiger partial charge in [0.2, 0.25) is 5.95 Å². The first kappa shape index (κ1) is 10.7. The summed E-state index contributed by atoms with van der Waals surface area (Å²) < 4.78 is 0. The number of aromatic nitrogens is 2. The third kappa shape index (κ3) is 2.60. The first-order valence-corrected chi connectivity index (χ1v) is 6.34. The number of thioether (sulfide) groups is 1. The summed E-state index contributed by atoms with van der Waals surface area (Å²) in [5, 5.41) is 3.19. The van der Waals surface area contributed by atoms with Gasteiger partial charge >= 0.3 is 0 Å². The van der Waals surface area contributed by atoms with Gasteiger partial charge in [0, 0.05) is 30.1 Å². The van der Waals surface area contributed by atoms with Crippen LogP contribution in [0.25, 0.3) is 0 Å². The minimum absolute atomic E-state index is 0.223. The second-order valence-corrected chi connectivity index (χ2v) is 4.85. The Balaban J connectivity index is 2.13. The second kappa shape index (κ2) is 4.81. The van der Waals surface area contributed by atoms with Crippen molar-refractivity contribution in [2.75, 3.05) is 17.6 Å². The molecule has 0 spiro atoms. The quantitative estimate of drug-likeness (QED) is 0.802. The van der Waals surface area contributed by atoms with Gasteiger partial charge in [-0.1, -0.05) is 0 Å². The van der Waals surface area contributed by atoms with E-state index in [1.807, 2.05) is 24.9 Å². The van der Waals surface area contributed by atoms with E-state index in [-0.39, 0.29) is 6.04 Å². The number of nitrogens with one attached hydrogen (secondary N) is 1. The van der Waals surface area contributed by atoms with Gasteiger partial charge < -0.3 is 11.1 Å². The van der Waals surface area contributed by atoms with Crippen molar-refractivity contribution in [1.82, 2.24) is 9.97 Å². The lowest BCUT2D eigenvalue weighted by atomic mass is 10.2. The number of hydrogen-bond donors (Lipinski definition) is 2. The first-order valence-electron chi connectivity index (χ1n) is 5.18. The molecule has 0 bridgehead atoms. The largest absolute Gasteiger partial charge is 0.350 e. The molecule has 2 heterocycles. The Labute approximate surface area is 94.1 Å². The molecule has 0 fully saturated rings. The van der Waals surface area contributed by atoms with E-state index in [9.17, 15) is 0 Å². The van der Waals surface area contributed by atoms with Crippen LogP contribution in [0.1, 0.15) is 18.2 Å². The van der Waals surface area contributed by atoms with E-state index in [0.29, 0.717) is 12.5 Å². The van der Waals surface area contributed by atoms with E-state index >= 15 is 0 Å². The van der Waals surface area contributed by atoms with E-state index in [4.69, 9.17) is 5.73 Å². The van der Waals surface area contributed by atoms with E-state index in [0.717, 1.165) is 17.9 Å². The lowest BCUT2D eigenvalue weighted by Gasteiger charge is -2.16. The van der Waals surface area contributed by atoms with Gasteiger partial charge in [0.25, 0.3) is 0 Å². The molecule has 1 atom stereocenters. The Morgan fingerprint density at radius 3 is 3.33 bits per heavy atom. The van der Waals surface area contributed by atoms with Crippen LogP contribution in [0, 0.1) is 0 Å². The molecule has 0 saturated carbocycles. The molecule has 0 aromatic carbocycles. The minimum atomic E-state index is 0.223. The lowest BCUT2D eigenvalue weighted by molar-refractivity contribution is 0.785. The molecule has 82 valence electrons. The van der Waals surface area contributed by atoms with Crippen LogP contribution in [0.15, 0.2) is 6.20 Å². The van der Waals surface area contributed by atoms with Gasteiger partial charge in [0.05, 0.1) is 5.69 Å². The van der Waals surface area contributed by atoms with Crippen molar-refractivity contribution in [3.63, 3.8) is 0 Å². The molecular weight excluding hydrogens is 208 g/mol. The highest BCUT2D eigenvalue weighted by molar-refractivity contribution is 7.98. The van der Waals surface area contributed by atoms with Crippen molar-refractivity contribution in [3.05, 3.63) is 17.5 Å². The SMILES string of the molecule is CC(CN)Nc1ncc2c(n1)CCSC2. The van der Waals surface area contributed by atoms with Crippen molar-refractivity contribution in [3.8, 4) is 0 Å². The van der Waals surface area contributed by atoms with E-state index in [1.54, 1.807) is 0 Å². The summed E-state index contributed by atoms with van der Waals surface area (Å²) >= 11 is 1.94. The van der Waals surface area contributed by atoms with Crippen LogP contribution < -0.4 is 11.1 Å². The van der Waals surface area contributed by atoms with Gasteiger partial charge in [-0.2, -0.15) is 11.8 Å². The summed E-state index contributed by atoms with van der Waals surface area (Å²) in [7, 11) is 0. The number of aryl methyl sites for hydroxylation is 1. The zero-order valence-corrected chi connectivity index (χ0v) is 9.68. The molecule has 1 aromatic heterocycles. The molecule has 0 saturated heterocycles. The molecule has 2 rings (SSSR count). The van der Waals surface area contributed by atoms with Crippen LogP contribution in [-0.2, 0) is 12.2 Å². The number of nitrogens with two attached hydrogens (primary N) is 1. The minimum Gasteiger partial charge on any atom is -0.350 e. The third-order valence-corrected chi connectivity index (χ3v) is 3.43. The van der Waals surface area contributed by atoms with Gasteiger partial charge in [0.15, 0.2) is 0 Å². The Morgan fingerprint density at radius 2 is 2.53 bits per heavy atom. The smallest absolute Gasteiger partial charge is 0.223 e. The predicted molar refractivity (Wildman–Crippen MR) is 64.0 cm³/mol. The number of hydrogen-bond acceptors (Lipinski definition) is 5. The highest BCUT2D eigenvalue weighted by Crippen LogP contribution is 2.22. The standard InChI is InChI=1S/C10H16N4S/c1-7(4-11)13-10-12-5-8-6-15-3-2-9(8)14-10/h5,7H,2-4,6,11H2,1H3,(H,12,13,14). The zero-order chi connectivity index (χ0) is 10.7. The number of anilines is 1. The van der Waals surface area contributed by atoms with Crippen LogP contribution in [0.2, 0.25) is 0 Å². The maximum atomic E-state index is 5.54. The average Bonchev–Trinajstić information content (AvgIpc) is 2.29. The topological polar surface area (TPSA) is 63.8 Å². The molecule has 1 unspecified atom stereocenters. The van der Waals surface area contributed by atoms with Gasteiger partial charge in [-0.05, 0) is 19.1 Å². The zero-order valence-electron chi connectivity index (χ0n) is 8.86. The fraction of sp³-hybridized carbons (Fsp3) is 0.600. The summed E-state index contributed by atoms with van der Waals surface area (Å²) in [5.41, 5.74) is 8.00.